The average Bonchev–Trinajstić information content (AvgIpc) is 3.36. The molecule has 1 N–H and O–H groups in total. The summed E-state index contributed by atoms with van der Waals surface area (Å²) in [4.78, 5) is 43.7. The third-order valence-electron chi connectivity index (χ3n) is 6.13. The van der Waals surface area contributed by atoms with Crippen molar-refractivity contribution in [3.63, 3.8) is 0 Å². The first kappa shape index (κ1) is 27.2. The topological polar surface area (TPSA) is 113 Å². The summed E-state index contributed by atoms with van der Waals surface area (Å²) in [6.45, 7) is 3.39. The number of rotatable bonds is 7. The summed E-state index contributed by atoms with van der Waals surface area (Å²) >= 11 is 0. The van der Waals surface area contributed by atoms with Gasteiger partial charge in [-0.15, -0.1) is 0 Å². The van der Waals surface area contributed by atoms with Crippen molar-refractivity contribution in [2.45, 2.75) is 19.9 Å². The number of nitrogens with one attached hydrogen (secondary N) is 1. The van der Waals surface area contributed by atoms with Crippen molar-refractivity contribution in [2.24, 2.45) is 7.05 Å². The molecule has 5 aromatic rings. The number of hydrogen-bond donors (Lipinski definition) is 1. The Hall–Kier alpha value is -5.39. The molecule has 0 aliphatic carbocycles. The predicted molar refractivity (Wildman–Crippen MR) is 148 cm³/mol. The summed E-state index contributed by atoms with van der Waals surface area (Å²) in [5.41, 5.74) is -0.699. The lowest BCUT2D eigenvalue weighted by atomic mass is 10.2. The number of amides is 1. The van der Waals surface area contributed by atoms with Crippen LogP contribution in [-0.4, -0.2) is 29.8 Å². The van der Waals surface area contributed by atoms with E-state index < -0.39 is 34.8 Å². The van der Waals surface area contributed by atoms with E-state index in [-0.39, 0.29) is 22.7 Å². The Morgan fingerprint density at radius 2 is 1.83 bits per heavy atom. The van der Waals surface area contributed by atoms with Crippen molar-refractivity contribution in [2.75, 3.05) is 5.32 Å². The van der Waals surface area contributed by atoms with E-state index >= 15 is 0 Å². The van der Waals surface area contributed by atoms with E-state index in [1.54, 1.807) is 50.1 Å². The van der Waals surface area contributed by atoms with Crippen molar-refractivity contribution in [1.29, 1.82) is 0 Å². The second kappa shape index (κ2) is 11.0. The summed E-state index contributed by atoms with van der Waals surface area (Å²) < 4.78 is 38.1. The second-order valence-electron chi connectivity index (χ2n) is 9.43. The van der Waals surface area contributed by atoms with Gasteiger partial charge in [0.25, 0.3) is 11.5 Å². The van der Waals surface area contributed by atoms with Crippen LogP contribution < -0.4 is 21.3 Å². The molecule has 3 aromatic heterocycles. The largest absolute Gasteiger partial charge is 0.454 e. The number of ether oxygens (including phenoxy) is 1. The highest BCUT2D eigenvalue weighted by Crippen LogP contribution is 2.29. The molecular weight excluding hydrogens is 534 g/mol. The van der Waals surface area contributed by atoms with E-state index in [0.717, 1.165) is 28.5 Å². The van der Waals surface area contributed by atoms with Gasteiger partial charge in [0.05, 0.1) is 17.6 Å². The van der Waals surface area contributed by atoms with Crippen molar-refractivity contribution in [1.82, 2.24) is 23.9 Å². The van der Waals surface area contributed by atoms with Crippen LogP contribution in [0.25, 0.3) is 16.9 Å². The van der Waals surface area contributed by atoms with E-state index in [9.17, 15) is 23.2 Å². The Kier molecular flexibility index (Phi) is 7.30. The zero-order chi connectivity index (χ0) is 29.3. The Labute approximate surface area is 232 Å². The highest BCUT2D eigenvalue weighted by Gasteiger charge is 2.21. The third-order valence-corrected chi connectivity index (χ3v) is 6.13. The van der Waals surface area contributed by atoms with Crippen LogP contribution in [0.1, 0.15) is 30.2 Å². The van der Waals surface area contributed by atoms with Gasteiger partial charge in [-0.25, -0.2) is 18.1 Å². The normalized spacial score (nSPS) is 11.1. The van der Waals surface area contributed by atoms with Gasteiger partial charge in [0, 0.05) is 55.1 Å². The Morgan fingerprint density at radius 3 is 2.51 bits per heavy atom. The fourth-order valence-corrected chi connectivity index (χ4v) is 4.11. The molecule has 12 heteroatoms. The van der Waals surface area contributed by atoms with Gasteiger partial charge >= 0.3 is 5.69 Å². The minimum atomic E-state index is -0.947. The van der Waals surface area contributed by atoms with Gasteiger partial charge < -0.3 is 10.1 Å². The number of aryl methyl sites for hydroxylation is 1. The van der Waals surface area contributed by atoms with Gasteiger partial charge in [0.15, 0.2) is 11.6 Å². The van der Waals surface area contributed by atoms with Crippen LogP contribution in [-0.2, 0) is 7.05 Å². The molecule has 0 aliphatic rings. The molecule has 3 heterocycles. The van der Waals surface area contributed by atoms with Crippen LogP contribution in [0, 0.1) is 11.6 Å². The van der Waals surface area contributed by atoms with Crippen LogP contribution in [0.15, 0.2) is 89.0 Å². The molecule has 0 spiro atoms. The van der Waals surface area contributed by atoms with Crippen LogP contribution >= 0.6 is 0 Å². The van der Waals surface area contributed by atoms with Crippen molar-refractivity contribution in [3.8, 4) is 28.4 Å². The quantitative estimate of drug-likeness (QED) is 0.310. The second-order valence-corrected chi connectivity index (χ2v) is 9.43. The first-order valence-electron chi connectivity index (χ1n) is 12.5. The number of hydrogen-bond acceptors (Lipinski definition) is 6. The zero-order valence-electron chi connectivity index (χ0n) is 22.2. The monoisotopic (exact) mass is 558 g/mol. The van der Waals surface area contributed by atoms with Crippen molar-refractivity contribution < 1.29 is 18.3 Å². The number of carbonyl (C=O) groups excluding carboxylic acids is 1. The highest BCUT2D eigenvalue weighted by molar-refractivity contribution is 6.03. The molecule has 0 atom stereocenters. The third kappa shape index (κ3) is 5.66. The number of benzene rings is 2. The lowest BCUT2D eigenvalue weighted by Gasteiger charge is -2.16. The summed E-state index contributed by atoms with van der Waals surface area (Å²) in [5.74, 6) is -2.07. The SMILES string of the molecule is CC(C)n1cc(C(=O)Nc2ccc(Oc3ccnc(-c4cnn(C)c4)c3)c(F)c2)c(=O)n(-c2cccc(F)c2)c1=O. The fraction of sp³-hybridized carbons (Fsp3) is 0.138. The zero-order valence-corrected chi connectivity index (χ0v) is 22.2. The van der Waals surface area contributed by atoms with Crippen LogP contribution in [0.3, 0.4) is 0 Å². The van der Waals surface area contributed by atoms with Gasteiger partial charge in [-0.2, -0.15) is 5.10 Å². The molecule has 1 amide bonds. The van der Waals surface area contributed by atoms with Crippen LogP contribution in [0.4, 0.5) is 14.5 Å². The average molecular weight is 559 g/mol. The van der Waals surface area contributed by atoms with Gasteiger partial charge in [-0.05, 0) is 50.2 Å². The maximum Gasteiger partial charge on any atom is 0.335 e. The number of aromatic nitrogens is 5. The Morgan fingerprint density at radius 1 is 1.02 bits per heavy atom. The molecule has 41 heavy (non-hydrogen) atoms. The molecule has 5 rings (SSSR count). The molecule has 2 aromatic carbocycles. The molecule has 0 unspecified atom stereocenters. The first-order valence-corrected chi connectivity index (χ1v) is 12.5. The van der Waals surface area contributed by atoms with Gasteiger partial charge in [0.1, 0.15) is 17.1 Å². The number of anilines is 1. The van der Waals surface area contributed by atoms with E-state index in [2.05, 4.69) is 15.4 Å². The van der Waals surface area contributed by atoms with E-state index in [1.165, 1.54) is 41.1 Å². The smallest absolute Gasteiger partial charge is 0.335 e. The van der Waals surface area contributed by atoms with E-state index in [0.29, 0.717) is 11.4 Å². The maximum atomic E-state index is 15.0. The molecule has 0 saturated heterocycles. The molecular formula is C29H24F2N6O4. The minimum Gasteiger partial charge on any atom is -0.454 e. The number of pyridine rings is 1. The lowest BCUT2D eigenvalue weighted by molar-refractivity contribution is 0.102. The molecule has 0 fully saturated rings. The minimum absolute atomic E-state index is 0.0283. The lowest BCUT2D eigenvalue weighted by Crippen LogP contribution is -2.42. The first-order chi connectivity index (χ1) is 19.6. The summed E-state index contributed by atoms with van der Waals surface area (Å²) in [6.07, 6.45) is 6.09. The number of carbonyl (C=O) groups is 1. The predicted octanol–water partition coefficient (Wildman–Crippen LogP) is 4.70. The van der Waals surface area contributed by atoms with Gasteiger partial charge in [0.2, 0.25) is 0 Å². The van der Waals surface area contributed by atoms with Crippen LogP contribution in [0.2, 0.25) is 0 Å². The maximum absolute atomic E-state index is 15.0. The standard InChI is InChI=1S/C29H24F2N6O4/c1-17(2)36-16-23(28(39)37(29(36)40)21-6-4-5-19(30)11-21)27(38)34-20-7-8-26(24(31)12-20)41-22-9-10-32-25(13-22)18-14-33-35(3)15-18/h4-17H,1-3H3,(H,34,38). The fourth-order valence-electron chi connectivity index (χ4n) is 4.11. The van der Waals surface area contributed by atoms with E-state index in [1.807, 2.05) is 0 Å². The molecule has 0 saturated carbocycles. The molecule has 208 valence electrons. The summed E-state index contributed by atoms with van der Waals surface area (Å²) in [6, 6.07) is 11.5. The molecule has 10 nitrogen and oxygen atoms in total. The Bertz CT molecular complexity index is 1890. The molecule has 0 aliphatic heterocycles. The molecule has 0 radical (unpaired) electrons. The summed E-state index contributed by atoms with van der Waals surface area (Å²) in [7, 11) is 1.78. The number of halogens is 2. The van der Waals surface area contributed by atoms with Gasteiger partial charge in [-0.1, -0.05) is 6.07 Å². The highest BCUT2D eigenvalue weighted by atomic mass is 19.1. The van der Waals surface area contributed by atoms with Crippen molar-refractivity contribution >= 4 is 11.6 Å². The summed E-state index contributed by atoms with van der Waals surface area (Å²) in [5, 5.41) is 6.59. The number of nitrogens with zero attached hydrogens (tertiary/aromatic N) is 5. The molecule has 0 bridgehead atoms. The van der Waals surface area contributed by atoms with Gasteiger partial charge in [-0.3, -0.25) is 23.8 Å². The Balaban J connectivity index is 1.41. The van der Waals surface area contributed by atoms with E-state index in [4.69, 9.17) is 4.74 Å². The van der Waals surface area contributed by atoms with Crippen molar-refractivity contribution in [3.05, 3.63) is 117 Å². The van der Waals surface area contributed by atoms with Crippen LogP contribution in [0.5, 0.6) is 11.5 Å².